The molecule has 0 fully saturated rings. The summed E-state index contributed by atoms with van der Waals surface area (Å²) >= 11 is 0. The molecule has 2 aromatic heterocycles. The van der Waals surface area contributed by atoms with Gasteiger partial charge in [-0.1, -0.05) is 43.5 Å². The molecular formula is C24H26N4. The van der Waals surface area contributed by atoms with Gasteiger partial charge in [0.2, 0.25) is 0 Å². The maximum absolute atomic E-state index is 4.86. The van der Waals surface area contributed by atoms with Gasteiger partial charge in [-0.3, -0.25) is 4.98 Å². The van der Waals surface area contributed by atoms with Crippen molar-refractivity contribution in [3.8, 4) is 11.4 Å². The fraction of sp³-hybridized carbons (Fsp3) is 0.208. The lowest BCUT2D eigenvalue weighted by molar-refractivity contribution is 0.718. The molecule has 3 aromatic rings. The van der Waals surface area contributed by atoms with Gasteiger partial charge in [-0.05, 0) is 49.1 Å². The van der Waals surface area contributed by atoms with Crippen LogP contribution in [0.5, 0.6) is 0 Å². The van der Waals surface area contributed by atoms with Crippen molar-refractivity contribution in [2.75, 3.05) is 18.5 Å². The van der Waals surface area contributed by atoms with E-state index in [4.69, 9.17) is 9.97 Å². The second kappa shape index (κ2) is 9.60. The maximum atomic E-state index is 4.86. The zero-order valence-corrected chi connectivity index (χ0v) is 16.4. The van der Waals surface area contributed by atoms with Crippen molar-refractivity contribution >= 4 is 16.7 Å². The highest BCUT2D eigenvalue weighted by molar-refractivity contribution is 5.90. The SMILES string of the molecule is C=C/C=C(\C=C)CCCCN(C)c1nc(-c2cccnc2)nc2ccccc12. The van der Waals surface area contributed by atoms with Crippen LogP contribution >= 0.6 is 0 Å². The first kappa shape index (κ1) is 19.5. The Balaban J connectivity index is 1.80. The van der Waals surface area contributed by atoms with Crippen LogP contribution in [0, 0.1) is 0 Å². The number of fused-ring (bicyclic) bond motifs is 1. The van der Waals surface area contributed by atoms with Gasteiger partial charge in [-0.15, -0.1) is 0 Å². The molecule has 0 unspecified atom stereocenters. The van der Waals surface area contributed by atoms with Gasteiger partial charge in [0, 0.05) is 36.9 Å². The van der Waals surface area contributed by atoms with E-state index >= 15 is 0 Å². The van der Waals surface area contributed by atoms with Crippen LogP contribution in [0.3, 0.4) is 0 Å². The first-order chi connectivity index (χ1) is 13.7. The van der Waals surface area contributed by atoms with Gasteiger partial charge in [0.25, 0.3) is 0 Å². The van der Waals surface area contributed by atoms with Crippen molar-refractivity contribution in [2.24, 2.45) is 0 Å². The van der Waals surface area contributed by atoms with E-state index in [9.17, 15) is 0 Å². The van der Waals surface area contributed by atoms with E-state index in [1.807, 2.05) is 48.6 Å². The largest absolute Gasteiger partial charge is 0.359 e. The van der Waals surface area contributed by atoms with Crippen LogP contribution < -0.4 is 4.90 Å². The quantitative estimate of drug-likeness (QED) is 0.363. The van der Waals surface area contributed by atoms with E-state index in [0.717, 1.165) is 48.1 Å². The Morgan fingerprint density at radius 2 is 1.93 bits per heavy atom. The fourth-order valence-electron chi connectivity index (χ4n) is 3.16. The topological polar surface area (TPSA) is 41.9 Å². The number of hydrogen-bond donors (Lipinski definition) is 0. The van der Waals surface area contributed by atoms with E-state index in [0.29, 0.717) is 5.82 Å². The van der Waals surface area contributed by atoms with Gasteiger partial charge in [0.15, 0.2) is 5.82 Å². The number of rotatable bonds is 9. The number of pyridine rings is 1. The molecule has 0 radical (unpaired) electrons. The molecule has 0 aliphatic carbocycles. The summed E-state index contributed by atoms with van der Waals surface area (Å²) < 4.78 is 0. The summed E-state index contributed by atoms with van der Waals surface area (Å²) in [5, 5.41) is 1.07. The lowest BCUT2D eigenvalue weighted by Crippen LogP contribution is -2.20. The molecule has 0 amide bonds. The summed E-state index contributed by atoms with van der Waals surface area (Å²) in [6, 6.07) is 12.1. The van der Waals surface area contributed by atoms with Crippen LogP contribution in [-0.4, -0.2) is 28.5 Å². The number of anilines is 1. The smallest absolute Gasteiger partial charge is 0.163 e. The fourth-order valence-corrected chi connectivity index (χ4v) is 3.16. The van der Waals surface area contributed by atoms with Crippen LogP contribution in [0.2, 0.25) is 0 Å². The third-order valence-corrected chi connectivity index (χ3v) is 4.67. The molecule has 0 bridgehead atoms. The van der Waals surface area contributed by atoms with Gasteiger partial charge in [-0.2, -0.15) is 0 Å². The molecule has 4 nitrogen and oxygen atoms in total. The van der Waals surface area contributed by atoms with Gasteiger partial charge in [0.1, 0.15) is 5.82 Å². The van der Waals surface area contributed by atoms with Crippen molar-refractivity contribution in [1.82, 2.24) is 15.0 Å². The molecule has 0 N–H and O–H groups in total. The summed E-state index contributed by atoms with van der Waals surface area (Å²) in [5.74, 6) is 1.66. The molecule has 0 saturated carbocycles. The number of allylic oxidation sites excluding steroid dienone is 4. The Hall–Kier alpha value is -3.27. The lowest BCUT2D eigenvalue weighted by Gasteiger charge is -2.20. The van der Waals surface area contributed by atoms with E-state index in [1.54, 1.807) is 12.4 Å². The number of aromatic nitrogens is 3. The molecule has 2 heterocycles. The average Bonchev–Trinajstić information content (AvgIpc) is 2.75. The highest BCUT2D eigenvalue weighted by Crippen LogP contribution is 2.27. The zero-order chi connectivity index (χ0) is 19.8. The van der Waals surface area contributed by atoms with E-state index in [-0.39, 0.29) is 0 Å². The Labute approximate surface area is 167 Å². The van der Waals surface area contributed by atoms with Gasteiger partial charge in [-0.25, -0.2) is 9.97 Å². The van der Waals surface area contributed by atoms with Gasteiger partial charge < -0.3 is 4.90 Å². The molecule has 0 atom stereocenters. The average molecular weight is 371 g/mol. The monoisotopic (exact) mass is 370 g/mol. The first-order valence-electron chi connectivity index (χ1n) is 9.55. The van der Waals surface area contributed by atoms with Gasteiger partial charge >= 0.3 is 0 Å². The molecule has 28 heavy (non-hydrogen) atoms. The number of benzene rings is 1. The van der Waals surface area contributed by atoms with E-state index in [1.165, 1.54) is 5.57 Å². The Morgan fingerprint density at radius 3 is 2.68 bits per heavy atom. The second-order valence-electron chi connectivity index (χ2n) is 6.69. The highest BCUT2D eigenvalue weighted by Gasteiger charge is 2.12. The molecule has 4 heteroatoms. The van der Waals surface area contributed by atoms with Crippen molar-refractivity contribution < 1.29 is 0 Å². The molecule has 0 aliphatic rings. The molecule has 3 rings (SSSR count). The minimum atomic E-state index is 0.705. The lowest BCUT2D eigenvalue weighted by atomic mass is 10.1. The Bertz CT molecular complexity index is 976. The van der Waals surface area contributed by atoms with Crippen LogP contribution in [0.4, 0.5) is 5.82 Å². The van der Waals surface area contributed by atoms with Crippen LogP contribution in [-0.2, 0) is 0 Å². The van der Waals surface area contributed by atoms with Crippen molar-refractivity contribution in [3.63, 3.8) is 0 Å². The van der Waals surface area contributed by atoms with Crippen molar-refractivity contribution in [3.05, 3.63) is 85.8 Å². The third-order valence-electron chi connectivity index (χ3n) is 4.67. The normalized spacial score (nSPS) is 11.4. The Morgan fingerprint density at radius 1 is 1.07 bits per heavy atom. The summed E-state index contributed by atoms with van der Waals surface area (Å²) in [6.07, 6.45) is 12.5. The number of para-hydroxylation sites is 1. The highest BCUT2D eigenvalue weighted by atomic mass is 15.2. The molecule has 142 valence electrons. The van der Waals surface area contributed by atoms with Crippen LogP contribution in [0.15, 0.2) is 85.8 Å². The van der Waals surface area contributed by atoms with Crippen LogP contribution in [0.1, 0.15) is 19.3 Å². The van der Waals surface area contributed by atoms with E-state index in [2.05, 4.69) is 36.2 Å². The summed E-state index contributed by atoms with van der Waals surface area (Å²) in [7, 11) is 2.09. The zero-order valence-electron chi connectivity index (χ0n) is 16.4. The number of hydrogen-bond acceptors (Lipinski definition) is 4. The second-order valence-corrected chi connectivity index (χ2v) is 6.69. The maximum Gasteiger partial charge on any atom is 0.163 e. The minimum Gasteiger partial charge on any atom is -0.359 e. The Kier molecular flexibility index (Phi) is 6.68. The van der Waals surface area contributed by atoms with Crippen molar-refractivity contribution in [2.45, 2.75) is 19.3 Å². The molecule has 0 aliphatic heterocycles. The van der Waals surface area contributed by atoms with Crippen LogP contribution in [0.25, 0.3) is 22.3 Å². The molecule has 0 saturated heterocycles. The summed E-state index contributed by atoms with van der Waals surface area (Å²) in [4.78, 5) is 16.0. The van der Waals surface area contributed by atoms with Crippen molar-refractivity contribution in [1.29, 1.82) is 0 Å². The number of unbranched alkanes of at least 4 members (excludes halogenated alkanes) is 1. The standard InChI is InChI=1S/C24H26N4/c1-4-11-19(5-2)12-8-9-17-28(3)24-21-14-6-7-15-22(21)26-23(27-24)20-13-10-16-25-18-20/h4-7,10-11,13-16,18H,1-2,8-9,12,17H2,3H3/b19-11+. The predicted molar refractivity (Wildman–Crippen MR) is 118 cm³/mol. The number of nitrogens with zero attached hydrogens (tertiary/aromatic N) is 4. The third kappa shape index (κ3) is 4.71. The first-order valence-corrected chi connectivity index (χ1v) is 9.55. The summed E-state index contributed by atoms with van der Waals surface area (Å²) in [6.45, 7) is 8.54. The minimum absolute atomic E-state index is 0.705. The molecule has 0 spiro atoms. The summed E-state index contributed by atoms with van der Waals surface area (Å²) in [5.41, 5.74) is 3.10. The molecular weight excluding hydrogens is 344 g/mol. The molecule has 1 aromatic carbocycles. The van der Waals surface area contributed by atoms with Gasteiger partial charge in [0.05, 0.1) is 5.52 Å². The van der Waals surface area contributed by atoms with E-state index < -0.39 is 0 Å². The predicted octanol–water partition coefficient (Wildman–Crippen LogP) is 5.60.